The van der Waals surface area contributed by atoms with Gasteiger partial charge in [-0.25, -0.2) is 0 Å². The van der Waals surface area contributed by atoms with Gasteiger partial charge in [0.1, 0.15) is 0 Å². The van der Waals surface area contributed by atoms with Crippen LogP contribution in [-0.4, -0.2) is 12.5 Å². The highest BCUT2D eigenvalue weighted by atomic mass is 32.1. The average molecular weight is 207 g/mol. The lowest BCUT2D eigenvalue weighted by Crippen LogP contribution is -2.23. The van der Waals surface area contributed by atoms with Crippen LogP contribution in [0.5, 0.6) is 0 Å². The predicted molar refractivity (Wildman–Crippen MR) is 59.5 cm³/mol. The minimum Gasteiger partial charge on any atom is -0.350 e. The van der Waals surface area contributed by atoms with Gasteiger partial charge in [-0.15, -0.1) is 23.7 Å². The summed E-state index contributed by atoms with van der Waals surface area (Å²) in [5.74, 6) is 2.46. The second-order valence-corrected chi connectivity index (χ2v) is 4.00. The van der Waals surface area contributed by atoms with Gasteiger partial charge in [-0.1, -0.05) is 6.92 Å². The van der Waals surface area contributed by atoms with Gasteiger partial charge in [0.25, 0.3) is 5.91 Å². The maximum Gasteiger partial charge on any atom is 0.261 e. The van der Waals surface area contributed by atoms with E-state index in [1.165, 1.54) is 16.2 Å². The highest BCUT2D eigenvalue weighted by molar-refractivity contribution is 7.14. The minimum absolute atomic E-state index is 0.0232. The van der Waals surface area contributed by atoms with E-state index >= 15 is 0 Å². The highest BCUT2D eigenvalue weighted by Crippen LogP contribution is 2.16. The van der Waals surface area contributed by atoms with E-state index in [0.717, 1.165) is 11.3 Å². The summed E-state index contributed by atoms with van der Waals surface area (Å²) in [6.07, 6.45) is 6.64. The molecule has 1 heterocycles. The molecule has 0 aromatic carbocycles. The molecule has 0 atom stereocenters. The minimum atomic E-state index is -0.0232. The Labute approximate surface area is 88.3 Å². The Balaban J connectivity index is 2.48. The van der Waals surface area contributed by atoms with Crippen molar-refractivity contribution in [3.05, 3.63) is 21.9 Å². The third-order valence-electron chi connectivity index (χ3n) is 1.79. The lowest BCUT2D eigenvalue weighted by Gasteiger charge is -1.98. The zero-order chi connectivity index (χ0) is 10.4. The van der Waals surface area contributed by atoms with Gasteiger partial charge in [0.15, 0.2) is 0 Å². The van der Waals surface area contributed by atoms with Crippen LogP contribution in [0.25, 0.3) is 0 Å². The lowest BCUT2D eigenvalue weighted by molar-refractivity contribution is 0.0958. The van der Waals surface area contributed by atoms with Crippen molar-refractivity contribution >= 4 is 17.2 Å². The average Bonchev–Trinajstić information content (AvgIpc) is 2.66. The van der Waals surface area contributed by atoms with Crippen LogP contribution in [0.15, 0.2) is 12.1 Å². The normalized spacial score (nSPS) is 9.43. The van der Waals surface area contributed by atoms with Crippen molar-refractivity contribution in [2.24, 2.45) is 0 Å². The maximum atomic E-state index is 11.5. The molecule has 0 unspecified atom stereocenters. The van der Waals surface area contributed by atoms with Crippen molar-refractivity contribution in [2.75, 3.05) is 6.54 Å². The van der Waals surface area contributed by atoms with E-state index in [9.17, 15) is 4.79 Å². The molecule has 0 aliphatic rings. The topological polar surface area (TPSA) is 29.1 Å². The Kier molecular flexibility index (Phi) is 4.21. The van der Waals surface area contributed by atoms with E-state index in [0.29, 0.717) is 13.0 Å². The van der Waals surface area contributed by atoms with Gasteiger partial charge in [-0.2, -0.15) is 0 Å². The predicted octanol–water partition coefficient (Wildman–Crippen LogP) is 2.06. The van der Waals surface area contributed by atoms with Gasteiger partial charge >= 0.3 is 0 Å². The second-order valence-electron chi connectivity index (χ2n) is 2.83. The Morgan fingerprint density at radius 2 is 2.43 bits per heavy atom. The van der Waals surface area contributed by atoms with Crippen LogP contribution in [0.1, 0.15) is 27.9 Å². The SMILES string of the molecule is C#CCCNC(=O)c1ccc(CC)s1. The molecular formula is C11H13NOS. The number of rotatable bonds is 4. The molecule has 0 aliphatic carbocycles. The molecule has 74 valence electrons. The van der Waals surface area contributed by atoms with E-state index in [1.807, 2.05) is 12.1 Å². The number of carbonyl (C=O) groups excluding carboxylic acids is 1. The summed E-state index contributed by atoms with van der Waals surface area (Å²) >= 11 is 1.54. The Morgan fingerprint density at radius 3 is 3.00 bits per heavy atom. The molecule has 3 heteroatoms. The fourth-order valence-corrected chi connectivity index (χ4v) is 1.89. The molecule has 0 saturated heterocycles. The first-order valence-electron chi connectivity index (χ1n) is 4.58. The number of amides is 1. The molecule has 0 aliphatic heterocycles. The largest absolute Gasteiger partial charge is 0.350 e. The molecule has 1 N–H and O–H groups in total. The van der Waals surface area contributed by atoms with Crippen molar-refractivity contribution in [3.63, 3.8) is 0 Å². The van der Waals surface area contributed by atoms with Crippen LogP contribution < -0.4 is 5.32 Å². The van der Waals surface area contributed by atoms with Crippen molar-refractivity contribution in [1.82, 2.24) is 5.32 Å². The summed E-state index contributed by atoms with van der Waals surface area (Å²) in [5, 5.41) is 2.77. The van der Waals surface area contributed by atoms with E-state index in [4.69, 9.17) is 6.42 Å². The molecule has 1 amide bonds. The highest BCUT2D eigenvalue weighted by Gasteiger charge is 2.06. The van der Waals surface area contributed by atoms with Crippen LogP contribution in [0.2, 0.25) is 0 Å². The summed E-state index contributed by atoms with van der Waals surface area (Å²) in [4.78, 5) is 13.5. The van der Waals surface area contributed by atoms with Crippen LogP contribution in [0.3, 0.4) is 0 Å². The van der Waals surface area contributed by atoms with E-state index in [1.54, 1.807) is 0 Å². The molecular weight excluding hydrogens is 194 g/mol. The van der Waals surface area contributed by atoms with Gasteiger partial charge in [0.05, 0.1) is 4.88 Å². The smallest absolute Gasteiger partial charge is 0.261 e. The van der Waals surface area contributed by atoms with E-state index < -0.39 is 0 Å². The third kappa shape index (κ3) is 2.90. The molecule has 0 bridgehead atoms. The zero-order valence-corrected chi connectivity index (χ0v) is 8.99. The molecule has 0 saturated carbocycles. The standard InChI is InChI=1S/C11H13NOS/c1-3-5-8-12-11(13)10-7-6-9(4-2)14-10/h1,6-7H,4-5,8H2,2H3,(H,12,13). The molecule has 0 fully saturated rings. The van der Waals surface area contributed by atoms with Crippen LogP contribution >= 0.6 is 11.3 Å². The van der Waals surface area contributed by atoms with Gasteiger partial charge < -0.3 is 5.32 Å². The molecule has 1 rings (SSSR count). The van der Waals surface area contributed by atoms with Gasteiger partial charge in [0, 0.05) is 17.8 Å². The third-order valence-corrected chi connectivity index (χ3v) is 3.02. The Bertz CT molecular complexity index is 348. The first kappa shape index (κ1) is 10.8. The fraction of sp³-hybridized carbons (Fsp3) is 0.364. The van der Waals surface area contributed by atoms with Gasteiger partial charge in [-0.3, -0.25) is 4.79 Å². The molecule has 2 nitrogen and oxygen atoms in total. The van der Waals surface area contributed by atoms with Crippen LogP contribution in [0, 0.1) is 12.3 Å². The quantitative estimate of drug-likeness (QED) is 0.594. The van der Waals surface area contributed by atoms with Gasteiger partial charge in [-0.05, 0) is 18.6 Å². The summed E-state index contributed by atoms with van der Waals surface area (Å²) in [6.45, 7) is 2.63. The molecule has 14 heavy (non-hydrogen) atoms. The number of nitrogens with one attached hydrogen (secondary N) is 1. The Hall–Kier alpha value is -1.27. The molecule has 1 aromatic heterocycles. The number of hydrogen-bond donors (Lipinski definition) is 1. The number of thiophene rings is 1. The number of hydrogen-bond acceptors (Lipinski definition) is 2. The van der Waals surface area contributed by atoms with E-state index in [2.05, 4.69) is 18.2 Å². The van der Waals surface area contributed by atoms with Crippen LogP contribution in [0.4, 0.5) is 0 Å². The Morgan fingerprint density at radius 1 is 1.64 bits per heavy atom. The van der Waals surface area contributed by atoms with Crippen molar-refractivity contribution in [2.45, 2.75) is 19.8 Å². The van der Waals surface area contributed by atoms with Crippen LogP contribution in [-0.2, 0) is 6.42 Å². The first-order valence-corrected chi connectivity index (χ1v) is 5.40. The van der Waals surface area contributed by atoms with Gasteiger partial charge in [0.2, 0.25) is 0 Å². The zero-order valence-electron chi connectivity index (χ0n) is 8.17. The molecule has 0 spiro atoms. The van der Waals surface area contributed by atoms with E-state index in [-0.39, 0.29) is 5.91 Å². The van der Waals surface area contributed by atoms with Crippen molar-refractivity contribution < 1.29 is 4.79 Å². The molecule has 1 aromatic rings. The second kappa shape index (κ2) is 5.46. The summed E-state index contributed by atoms with van der Waals surface area (Å²) < 4.78 is 0. The number of aryl methyl sites for hydroxylation is 1. The summed E-state index contributed by atoms with van der Waals surface area (Å²) in [7, 11) is 0. The van der Waals surface area contributed by atoms with Crippen molar-refractivity contribution in [1.29, 1.82) is 0 Å². The lowest BCUT2D eigenvalue weighted by atomic mass is 10.3. The summed E-state index contributed by atoms with van der Waals surface area (Å²) in [5.41, 5.74) is 0. The number of carbonyl (C=O) groups is 1. The first-order chi connectivity index (χ1) is 6.77. The monoisotopic (exact) mass is 207 g/mol. The number of terminal acetylenes is 1. The fourth-order valence-electron chi connectivity index (χ4n) is 1.03. The molecule has 0 radical (unpaired) electrons. The summed E-state index contributed by atoms with van der Waals surface area (Å²) in [6, 6.07) is 3.84. The van der Waals surface area contributed by atoms with Crippen molar-refractivity contribution in [3.8, 4) is 12.3 Å². The maximum absolute atomic E-state index is 11.5.